The van der Waals surface area contributed by atoms with Crippen molar-refractivity contribution in [3.8, 4) is 0 Å². The number of guanidine groups is 1. The van der Waals surface area contributed by atoms with Crippen LogP contribution in [0.15, 0.2) is 59.6 Å². The molecule has 6 nitrogen and oxygen atoms in total. The van der Waals surface area contributed by atoms with Gasteiger partial charge in [-0.1, -0.05) is 42.5 Å². The fourth-order valence-electron chi connectivity index (χ4n) is 3.18. The third kappa shape index (κ3) is 6.12. The molecule has 3 rings (SSSR count). The van der Waals surface area contributed by atoms with Gasteiger partial charge in [0.2, 0.25) is 5.91 Å². The highest BCUT2D eigenvalue weighted by atomic mass is 127. The number of nitrogens with zero attached hydrogens (tertiary/aromatic N) is 3. The van der Waals surface area contributed by atoms with Gasteiger partial charge in [0, 0.05) is 46.0 Å². The number of hydrogen-bond donors (Lipinski definition) is 2. The third-order valence-electron chi connectivity index (χ3n) is 4.63. The molecule has 1 heterocycles. The van der Waals surface area contributed by atoms with Gasteiger partial charge in [0.1, 0.15) is 0 Å². The van der Waals surface area contributed by atoms with E-state index in [9.17, 15) is 4.79 Å². The molecule has 1 saturated heterocycles. The zero-order valence-electron chi connectivity index (χ0n) is 16.4. The SMILES string of the molecule is CN=C(NCc1ccc(N2CCNC(=O)C2)cc1)N(C)Cc1ccccc1.I. The molecule has 0 spiro atoms. The van der Waals surface area contributed by atoms with Crippen molar-refractivity contribution in [3.05, 3.63) is 65.7 Å². The lowest BCUT2D eigenvalue weighted by Gasteiger charge is -2.28. The van der Waals surface area contributed by atoms with Crippen molar-refractivity contribution in [2.45, 2.75) is 13.1 Å². The quantitative estimate of drug-likeness (QED) is 0.382. The van der Waals surface area contributed by atoms with Gasteiger partial charge >= 0.3 is 0 Å². The fraction of sp³-hybridized carbons (Fsp3) is 0.333. The van der Waals surface area contributed by atoms with E-state index in [-0.39, 0.29) is 29.9 Å². The molecule has 0 unspecified atom stereocenters. The van der Waals surface area contributed by atoms with Gasteiger partial charge in [-0.15, -0.1) is 24.0 Å². The van der Waals surface area contributed by atoms with Crippen LogP contribution < -0.4 is 15.5 Å². The van der Waals surface area contributed by atoms with Crippen molar-refractivity contribution in [2.24, 2.45) is 4.99 Å². The lowest BCUT2D eigenvalue weighted by molar-refractivity contribution is -0.120. The number of aliphatic imine (C=N–C) groups is 1. The molecule has 2 N–H and O–H groups in total. The number of halogens is 1. The summed E-state index contributed by atoms with van der Waals surface area (Å²) in [6, 6.07) is 18.7. The first-order chi connectivity index (χ1) is 13.2. The summed E-state index contributed by atoms with van der Waals surface area (Å²) in [6.45, 7) is 3.48. The summed E-state index contributed by atoms with van der Waals surface area (Å²) >= 11 is 0. The summed E-state index contributed by atoms with van der Waals surface area (Å²) in [4.78, 5) is 20.1. The molecule has 0 radical (unpaired) electrons. The molecule has 0 aliphatic carbocycles. The van der Waals surface area contributed by atoms with Crippen LogP contribution in [0.3, 0.4) is 0 Å². The summed E-state index contributed by atoms with van der Waals surface area (Å²) < 4.78 is 0. The summed E-state index contributed by atoms with van der Waals surface area (Å²) in [5.74, 6) is 0.938. The Kier molecular flexibility index (Phi) is 8.56. The third-order valence-corrected chi connectivity index (χ3v) is 4.63. The molecule has 0 bridgehead atoms. The summed E-state index contributed by atoms with van der Waals surface area (Å²) in [7, 11) is 3.83. The van der Waals surface area contributed by atoms with E-state index < -0.39 is 0 Å². The molecular weight excluding hydrogens is 465 g/mol. The lowest BCUT2D eigenvalue weighted by Crippen LogP contribution is -2.47. The van der Waals surface area contributed by atoms with Gasteiger partial charge in [-0.25, -0.2) is 0 Å². The molecule has 0 aromatic heterocycles. The van der Waals surface area contributed by atoms with Gasteiger partial charge in [0.15, 0.2) is 5.96 Å². The van der Waals surface area contributed by atoms with Crippen LogP contribution in [0, 0.1) is 0 Å². The molecule has 1 aliphatic heterocycles. The van der Waals surface area contributed by atoms with Crippen LogP contribution in [0.5, 0.6) is 0 Å². The predicted molar refractivity (Wildman–Crippen MR) is 125 cm³/mol. The maximum absolute atomic E-state index is 11.5. The van der Waals surface area contributed by atoms with Crippen molar-refractivity contribution in [2.75, 3.05) is 38.6 Å². The molecule has 2 aromatic carbocycles. The van der Waals surface area contributed by atoms with Gasteiger partial charge in [0.25, 0.3) is 0 Å². The van der Waals surface area contributed by atoms with Gasteiger partial charge in [-0.3, -0.25) is 9.79 Å². The van der Waals surface area contributed by atoms with Crippen LogP contribution in [0.2, 0.25) is 0 Å². The van der Waals surface area contributed by atoms with E-state index in [2.05, 4.69) is 61.8 Å². The number of nitrogens with one attached hydrogen (secondary N) is 2. The van der Waals surface area contributed by atoms with E-state index >= 15 is 0 Å². The molecule has 1 aliphatic rings. The summed E-state index contributed by atoms with van der Waals surface area (Å²) in [5, 5.41) is 6.26. The van der Waals surface area contributed by atoms with Crippen LogP contribution >= 0.6 is 24.0 Å². The van der Waals surface area contributed by atoms with Crippen LogP contribution in [-0.2, 0) is 17.9 Å². The minimum atomic E-state index is 0. The standard InChI is InChI=1S/C21H27N5O.HI/c1-22-21(25(2)15-18-6-4-3-5-7-18)24-14-17-8-10-19(11-9-17)26-13-12-23-20(27)16-26;/h3-11H,12-16H2,1-2H3,(H,22,24)(H,23,27);1H. The van der Waals surface area contributed by atoms with E-state index in [0.29, 0.717) is 19.6 Å². The molecule has 7 heteroatoms. The van der Waals surface area contributed by atoms with Crippen molar-refractivity contribution in [3.63, 3.8) is 0 Å². The minimum absolute atomic E-state index is 0. The van der Waals surface area contributed by atoms with Crippen molar-refractivity contribution < 1.29 is 4.79 Å². The first kappa shape index (κ1) is 22.0. The van der Waals surface area contributed by atoms with Crippen LogP contribution in [0.25, 0.3) is 0 Å². The van der Waals surface area contributed by atoms with Crippen LogP contribution in [0.4, 0.5) is 5.69 Å². The van der Waals surface area contributed by atoms with Gasteiger partial charge in [-0.05, 0) is 23.3 Å². The molecule has 2 aromatic rings. The van der Waals surface area contributed by atoms with Crippen molar-refractivity contribution >= 4 is 41.5 Å². The maximum Gasteiger partial charge on any atom is 0.239 e. The second-order valence-corrected chi connectivity index (χ2v) is 6.68. The van der Waals surface area contributed by atoms with Crippen molar-refractivity contribution in [1.29, 1.82) is 0 Å². The molecule has 150 valence electrons. The van der Waals surface area contributed by atoms with E-state index in [1.54, 1.807) is 7.05 Å². The number of amides is 1. The number of benzene rings is 2. The highest BCUT2D eigenvalue weighted by Gasteiger charge is 2.16. The minimum Gasteiger partial charge on any atom is -0.360 e. The Hall–Kier alpha value is -2.29. The normalized spacial score (nSPS) is 14.1. The number of carbonyl (C=O) groups is 1. The summed E-state index contributed by atoms with van der Waals surface area (Å²) in [6.07, 6.45) is 0. The van der Waals surface area contributed by atoms with E-state index in [1.807, 2.05) is 25.2 Å². The Balaban J connectivity index is 0.00000280. The van der Waals surface area contributed by atoms with Crippen LogP contribution in [-0.4, -0.2) is 50.5 Å². The highest BCUT2D eigenvalue weighted by Crippen LogP contribution is 2.16. The number of carbonyl (C=O) groups excluding carboxylic acids is 1. The smallest absolute Gasteiger partial charge is 0.239 e. The van der Waals surface area contributed by atoms with Gasteiger partial charge in [-0.2, -0.15) is 0 Å². The molecular formula is C21H28IN5O. The molecule has 28 heavy (non-hydrogen) atoms. The number of rotatable bonds is 5. The van der Waals surface area contributed by atoms with Gasteiger partial charge < -0.3 is 20.4 Å². The second kappa shape index (κ2) is 10.9. The summed E-state index contributed by atoms with van der Waals surface area (Å²) in [5.41, 5.74) is 3.51. The fourth-order valence-corrected chi connectivity index (χ4v) is 3.18. The zero-order chi connectivity index (χ0) is 19.1. The molecule has 1 amide bonds. The highest BCUT2D eigenvalue weighted by molar-refractivity contribution is 14.0. The monoisotopic (exact) mass is 493 g/mol. The Morgan fingerprint density at radius 2 is 1.86 bits per heavy atom. The Bertz CT molecular complexity index is 779. The van der Waals surface area contributed by atoms with Crippen LogP contribution in [0.1, 0.15) is 11.1 Å². The first-order valence-electron chi connectivity index (χ1n) is 9.22. The number of anilines is 1. The van der Waals surface area contributed by atoms with E-state index in [0.717, 1.165) is 24.7 Å². The average Bonchev–Trinajstić information content (AvgIpc) is 2.70. The first-order valence-corrected chi connectivity index (χ1v) is 9.22. The van der Waals surface area contributed by atoms with E-state index in [4.69, 9.17) is 0 Å². The second-order valence-electron chi connectivity index (χ2n) is 6.68. The molecule has 0 saturated carbocycles. The molecule has 0 atom stereocenters. The number of hydrogen-bond acceptors (Lipinski definition) is 3. The maximum atomic E-state index is 11.5. The average molecular weight is 493 g/mol. The topological polar surface area (TPSA) is 60.0 Å². The largest absolute Gasteiger partial charge is 0.360 e. The Labute approximate surface area is 184 Å². The lowest BCUT2D eigenvalue weighted by atomic mass is 10.2. The Morgan fingerprint density at radius 3 is 2.50 bits per heavy atom. The Morgan fingerprint density at radius 1 is 1.14 bits per heavy atom. The van der Waals surface area contributed by atoms with Crippen molar-refractivity contribution in [1.82, 2.24) is 15.5 Å². The van der Waals surface area contributed by atoms with E-state index in [1.165, 1.54) is 11.1 Å². The molecule has 1 fully saturated rings. The predicted octanol–water partition coefficient (Wildman–Crippen LogP) is 2.45. The number of piperazine rings is 1. The zero-order valence-corrected chi connectivity index (χ0v) is 18.7. The van der Waals surface area contributed by atoms with Gasteiger partial charge in [0.05, 0.1) is 6.54 Å².